The molecule has 8 nitrogen and oxygen atoms in total. The van der Waals surface area contributed by atoms with Crippen LogP contribution in [0.1, 0.15) is 25.0 Å². The highest BCUT2D eigenvalue weighted by molar-refractivity contribution is 7.89. The van der Waals surface area contributed by atoms with E-state index >= 15 is 0 Å². The smallest absolute Gasteiger partial charge is 0.363 e. The zero-order chi connectivity index (χ0) is 22.6. The molecule has 0 N–H and O–H groups in total. The highest BCUT2D eigenvalue weighted by Gasteiger charge is 2.26. The molecule has 0 radical (unpaired) electrons. The van der Waals surface area contributed by atoms with E-state index in [-0.39, 0.29) is 16.5 Å². The van der Waals surface area contributed by atoms with Crippen LogP contribution in [0.25, 0.3) is 6.08 Å². The molecule has 0 atom stereocenters. The van der Waals surface area contributed by atoms with E-state index in [2.05, 4.69) is 4.99 Å². The van der Waals surface area contributed by atoms with E-state index in [1.165, 1.54) is 30.7 Å². The van der Waals surface area contributed by atoms with Gasteiger partial charge in [-0.15, -0.1) is 0 Å². The quantitative estimate of drug-likeness (QED) is 0.459. The van der Waals surface area contributed by atoms with Crippen LogP contribution in [0.5, 0.6) is 11.5 Å². The first-order chi connectivity index (χ1) is 14.8. The van der Waals surface area contributed by atoms with Gasteiger partial charge in [0, 0.05) is 24.2 Å². The van der Waals surface area contributed by atoms with Crippen molar-refractivity contribution in [1.29, 1.82) is 0 Å². The lowest BCUT2D eigenvalue weighted by atomic mass is 10.1. The van der Waals surface area contributed by atoms with Crippen LogP contribution in [0.4, 0.5) is 0 Å². The summed E-state index contributed by atoms with van der Waals surface area (Å²) < 4.78 is 42.6. The van der Waals surface area contributed by atoms with E-state index in [0.717, 1.165) is 0 Å². The standard InChI is InChI=1S/C22H24N2O6S/c1-5-24(6-2)31(26,27)17-12-10-15(11-13-17)21-23-18(22(25)30-21)14-16-8-7-9-19(28-3)20(16)29-4/h7-14H,5-6H2,1-4H3/b18-14-. The molecular weight excluding hydrogens is 420 g/mol. The van der Waals surface area contributed by atoms with E-state index in [0.29, 0.717) is 35.7 Å². The lowest BCUT2D eigenvalue weighted by Crippen LogP contribution is -2.30. The van der Waals surface area contributed by atoms with E-state index in [1.807, 2.05) is 0 Å². The molecule has 0 unspecified atom stereocenters. The van der Waals surface area contributed by atoms with Gasteiger partial charge in [-0.1, -0.05) is 26.0 Å². The van der Waals surface area contributed by atoms with Crippen LogP contribution < -0.4 is 9.47 Å². The molecular formula is C22H24N2O6S. The Bertz CT molecular complexity index is 1130. The van der Waals surface area contributed by atoms with E-state index < -0.39 is 16.0 Å². The van der Waals surface area contributed by atoms with Crippen molar-refractivity contribution in [1.82, 2.24) is 4.31 Å². The number of esters is 1. The van der Waals surface area contributed by atoms with Crippen LogP contribution in [0.2, 0.25) is 0 Å². The van der Waals surface area contributed by atoms with Crippen LogP contribution in [0.3, 0.4) is 0 Å². The molecule has 0 bridgehead atoms. The maximum Gasteiger partial charge on any atom is 0.363 e. The van der Waals surface area contributed by atoms with Crippen molar-refractivity contribution in [3.63, 3.8) is 0 Å². The number of para-hydroxylation sites is 1. The van der Waals surface area contributed by atoms with Gasteiger partial charge in [0.15, 0.2) is 17.2 Å². The second kappa shape index (κ2) is 9.32. The van der Waals surface area contributed by atoms with Gasteiger partial charge >= 0.3 is 5.97 Å². The number of nitrogens with zero attached hydrogens (tertiary/aromatic N) is 2. The Labute approximate surface area is 181 Å². The van der Waals surface area contributed by atoms with Gasteiger partial charge < -0.3 is 14.2 Å². The molecule has 0 saturated heterocycles. The molecule has 31 heavy (non-hydrogen) atoms. The number of aliphatic imine (C=N–C) groups is 1. The summed E-state index contributed by atoms with van der Waals surface area (Å²) in [5.41, 5.74) is 1.20. The third-order valence-corrected chi connectivity index (χ3v) is 6.85. The lowest BCUT2D eigenvalue weighted by Gasteiger charge is -2.18. The predicted octanol–water partition coefficient (Wildman–Crippen LogP) is 3.08. The van der Waals surface area contributed by atoms with Crippen molar-refractivity contribution in [3.8, 4) is 11.5 Å². The normalized spacial score (nSPS) is 15.2. The molecule has 0 aromatic heterocycles. The number of hydrogen-bond acceptors (Lipinski definition) is 7. The molecule has 1 heterocycles. The number of sulfonamides is 1. The van der Waals surface area contributed by atoms with Gasteiger partial charge in [-0.2, -0.15) is 4.31 Å². The minimum atomic E-state index is -3.57. The monoisotopic (exact) mass is 444 g/mol. The summed E-state index contributed by atoms with van der Waals surface area (Å²) in [6.45, 7) is 4.33. The fourth-order valence-corrected chi connectivity index (χ4v) is 4.65. The highest BCUT2D eigenvalue weighted by atomic mass is 32.2. The average Bonchev–Trinajstić information content (AvgIpc) is 3.14. The van der Waals surface area contributed by atoms with E-state index in [4.69, 9.17) is 14.2 Å². The molecule has 0 saturated carbocycles. The van der Waals surface area contributed by atoms with Gasteiger partial charge in [-0.3, -0.25) is 0 Å². The van der Waals surface area contributed by atoms with E-state index in [1.54, 1.807) is 50.3 Å². The minimum Gasteiger partial charge on any atom is -0.493 e. The van der Waals surface area contributed by atoms with Gasteiger partial charge in [0.05, 0.1) is 19.1 Å². The number of carbonyl (C=O) groups is 1. The van der Waals surface area contributed by atoms with Crippen LogP contribution in [-0.4, -0.2) is 51.9 Å². The van der Waals surface area contributed by atoms with Crippen LogP contribution in [0.15, 0.2) is 58.0 Å². The number of cyclic esters (lactones) is 1. The number of benzene rings is 2. The van der Waals surface area contributed by atoms with Gasteiger partial charge in [0.1, 0.15) is 0 Å². The molecule has 2 aromatic rings. The van der Waals surface area contributed by atoms with Crippen LogP contribution >= 0.6 is 0 Å². The second-order valence-electron chi connectivity index (χ2n) is 6.53. The maximum atomic E-state index is 12.6. The zero-order valence-corrected chi connectivity index (χ0v) is 18.6. The van der Waals surface area contributed by atoms with Crippen molar-refractivity contribution in [2.45, 2.75) is 18.7 Å². The van der Waals surface area contributed by atoms with Gasteiger partial charge in [-0.25, -0.2) is 18.2 Å². The Morgan fingerprint density at radius 3 is 2.29 bits per heavy atom. The Hall–Kier alpha value is -3.17. The molecule has 1 aliphatic heterocycles. The molecule has 0 amide bonds. The van der Waals surface area contributed by atoms with Gasteiger partial charge in [0.25, 0.3) is 0 Å². The number of carbonyl (C=O) groups excluding carboxylic acids is 1. The number of ether oxygens (including phenoxy) is 3. The lowest BCUT2D eigenvalue weighted by molar-refractivity contribution is -0.129. The molecule has 3 rings (SSSR count). The first kappa shape index (κ1) is 22.5. The molecule has 0 spiro atoms. The summed E-state index contributed by atoms with van der Waals surface area (Å²) in [4.78, 5) is 16.8. The topological polar surface area (TPSA) is 94.5 Å². The Morgan fingerprint density at radius 1 is 1.03 bits per heavy atom. The van der Waals surface area contributed by atoms with Gasteiger partial charge in [0.2, 0.25) is 15.9 Å². The summed E-state index contributed by atoms with van der Waals surface area (Å²) in [5, 5.41) is 0. The van der Waals surface area contributed by atoms with Crippen LogP contribution in [0, 0.1) is 0 Å². The molecule has 164 valence electrons. The average molecular weight is 445 g/mol. The van der Waals surface area contributed by atoms with Crippen molar-refractivity contribution in [2.24, 2.45) is 4.99 Å². The Morgan fingerprint density at radius 2 is 1.71 bits per heavy atom. The SMILES string of the molecule is CCN(CC)S(=O)(=O)c1ccc(C2=N/C(=C\c3cccc(OC)c3OC)C(=O)O2)cc1. The fourth-order valence-electron chi connectivity index (χ4n) is 3.19. The number of methoxy groups -OCH3 is 2. The summed E-state index contributed by atoms with van der Waals surface area (Å²) in [7, 11) is -0.533. The van der Waals surface area contributed by atoms with Crippen molar-refractivity contribution in [3.05, 3.63) is 59.3 Å². The second-order valence-corrected chi connectivity index (χ2v) is 8.47. The molecule has 0 aliphatic carbocycles. The summed E-state index contributed by atoms with van der Waals surface area (Å²) in [6, 6.07) is 11.4. The molecule has 0 fully saturated rings. The first-order valence-corrected chi connectivity index (χ1v) is 11.1. The molecule has 9 heteroatoms. The Balaban J connectivity index is 1.92. The summed E-state index contributed by atoms with van der Waals surface area (Å²) >= 11 is 0. The highest BCUT2D eigenvalue weighted by Crippen LogP contribution is 2.33. The van der Waals surface area contributed by atoms with E-state index in [9.17, 15) is 13.2 Å². The number of rotatable bonds is 8. The zero-order valence-electron chi connectivity index (χ0n) is 17.8. The van der Waals surface area contributed by atoms with Crippen molar-refractivity contribution >= 4 is 28.0 Å². The largest absolute Gasteiger partial charge is 0.493 e. The first-order valence-electron chi connectivity index (χ1n) is 9.69. The Kier molecular flexibility index (Phi) is 6.77. The minimum absolute atomic E-state index is 0.0985. The molecule has 1 aliphatic rings. The third-order valence-electron chi connectivity index (χ3n) is 4.79. The third kappa shape index (κ3) is 4.47. The predicted molar refractivity (Wildman–Crippen MR) is 117 cm³/mol. The fraction of sp³-hybridized carbons (Fsp3) is 0.273. The van der Waals surface area contributed by atoms with Crippen molar-refractivity contribution < 1.29 is 27.4 Å². The van der Waals surface area contributed by atoms with Crippen molar-refractivity contribution in [2.75, 3.05) is 27.3 Å². The number of hydrogen-bond donors (Lipinski definition) is 0. The summed E-state index contributed by atoms with van der Waals surface area (Å²) in [6.07, 6.45) is 1.55. The summed E-state index contributed by atoms with van der Waals surface area (Å²) in [5.74, 6) is 0.488. The van der Waals surface area contributed by atoms with Crippen LogP contribution in [-0.2, 0) is 19.6 Å². The molecule has 2 aromatic carbocycles. The van der Waals surface area contributed by atoms with Gasteiger partial charge in [-0.05, 0) is 36.4 Å². The maximum absolute atomic E-state index is 12.6.